The van der Waals surface area contributed by atoms with E-state index in [1.807, 2.05) is 0 Å². The third-order valence-electron chi connectivity index (χ3n) is 4.07. The highest BCUT2D eigenvalue weighted by atomic mass is 32.2. The van der Waals surface area contributed by atoms with Crippen LogP contribution in [0.2, 0.25) is 0 Å². The molecule has 0 aliphatic rings. The summed E-state index contributed by atoms with van der Waals surface area (Å²) >= 11 is 0. The van der Waals surface area contributed by atoms with Gasteiger partial charge in [-0.1, -0.05) is 6.92 Å². The largest absolute Gasteiger partial charge is 0.462 e. The lowest BCUT2D eigenvalue weighted by atomic mass is 10.1. The Labute approximate surface area is 169 Å². The third-order valence-corrected chi connectivity index (χ3v) is 5.25. The molecule has 156 valence electrons. The van der Waals surface area contributed by atoms with E-state index in [9.17, 15) is 22.4 Å². The molecule has 0 bridgehead atoms. The molecule has 0 saturated carbocycles. The maximum atomic E-state index is 13.2. The number of sulfonamides is 1. The van der Waals surface area contributed by atoms with Gasteiger partial charge >= 0.3 is 5.97 Å². The van der Waals surface area contributed by atoms with Crippen LogP contribution in [0.5, 0.6) is 0 Å². The van der Waals surface area contributed by atoms with Crippen LogP contribution in [-0.4, -0.2) is 39.2 Å². The molecule has 2 aromatic carbocycles. The van der Waals surface area contributed by atoms with Crippen LogP contribution < -0.4 is 9.62 Å². The molecule has 0 spiro atoms. The van der Waals surface area contributed by atoms with Gasteiger partial charge in [-0.2, -0.15) is 0 Å². The van der Waals surface area contributed by atoms with E-state index in [0.717, 1.165) is 22.7 Å². The second-order valence-electron chi connectivity index (χ2n) is 6.25. The minimum atomic E-state index is -3.81. The van der Waals surface area contributed by atoms with Crippen molar-refractivity contribution in [1.29, 1.82) is 0 Å². The minimum Gasteiger partial charge on any atom is -0.462 e. The summed E-state index contributed by atoms with van der Waals surface area (Å²) in [6.45, 7) is 3.63. The lowest BCUT2D eigenvalue weighted by Gasteiger charge is -2.30. The number of rotatable bonds is 8. The maximum absolute atomic E-state index is 13.2. The summed E-state index contributed by atoms with van der Waals surface area (Å²) in [7, 11) is -3.81. The number of halogens is 1. The molecule has 0 heterocycles. The normalized spacial score (nSPS) is 12.1. The second kappa shape index (κ2) is 9.51. The molecule has 0 fully saturated rings. The molecule has 0 aromatic heterocycles. The summed E-state index contributed by atoms with van der Waals surface area (Å²) in [4.78, 5) is 24.5. The fourth-order valence-corrected chi connectivity index (χ4v) is 3.99. The van der Waals surface area contributed by atoms with Crippen molar-refractivity contribution in [1.82, 2.24) is 0 Å². The molecule has 9 heteroatoms. The Balaban J connectivity index is 2.25. The third kappa shape index (κ3) is 5.77. The number of carbonyl (C=O) groups excluding carboxylic acids is 2. The second-order valence-corrected chi connectivity index (χ2v) is 8.11. The fraction of sp³-hybridized carbons (Fsp3) is 0.300. The van der Waals surface area contributed by atoms with Gasteiger partial charge in [-0.25, -0.2) is 17.6 Å². The number of nitrogens with zero attached hydrogens (tertiary/aromatic N) is 1. The molecule has 1 atom stereocenters. The molecule has 0 aliphatic heterocycles. The molecule has 2 aromatic rings. The van der Waals surface area contributed by atoms with Crippen molar-refractivity contribution in [2.45, 2.75) is 26.3 Å². The Bertz CT molecular complexity index is 959. The summed E-state index contributed by atoms with van der Waals surface area (Å²) in [5.41, 5.74) is 0.920. The molecule has 0 aliphatic carbocycles. The van der Waals surface area contributed by atoms with Crippen LogP contribution in [0, 0.1) is 5.82 Å². The molecule has 0 radical (unpaired) electrons. The average molecular weight is 422 g/mol. The van der Waals surface area contributed by atoms with Gasteiger partial charge in [0.05, 0.1) is 24.1 Å². The van der Waals surface area contributed by atoms with Crippen LogP contribution in [-0.2, 0) is 19.6 Å². The summed E-state index contributed by atoms with van der Waals surface area (Å²) in [6, 6.07) is 9.89. The van der Waals surface area contributed by atoms with Gasteiger partial charge in [0.2, 0.25) is 15.9 Å². The monoisotopic (exact) mass is 422 g/mol. The fourth-order valence-electron chi connectivity index (χ4n) is 2.78. The summed E-state index contributed by atoms with van der Waals surface area (Å²) in [5.74, 6) is -1.54. The van der Waals surface area contributed by atoms with E-state index in [1.54, 1.807) is 13.8 Å². The predicted octanol–water partition coefficient (Wildman–Crippen LogP) is 3.19. The Morgan fingerprint density at radius 2 is 1.66 bits per heavy atom. The maximum Gasteiger partial charge on any atom is 0.338 e. The van der Waals surface area contributed by atoms with Gasteiger partial charge in [-0.3, -0.25) is 9.10 Å². The molecule has 1 N–H and O–H groups in total. The van der Waals surface area contributed by atoms with Gasteiger partial charge in [-0.05, 0) is 61.9 Å². The molecule has 2 rings (SSSR count). The number of anilines is 2. The number of esters is 1. The van der Waals surface area contributed by atoms with Crippen molar-refractivity contribution < 1.29 is 27.1 Å². The van der Waals surface area contributed by atoms with Crippen LogP contribution in [0.3, 0.4) is 0 Å². The molecular formula is C20H23FN2O5S. The van der Waals surface area contributed by atoms with Crippen LogP contribution in [0.4, 0.5) is 15.8 Å². The smallest absolute Gasteiger partial charge is 0.338 e. The van der Waals surface area contributed by atoms with Crippen molar-refractivity contribution >= 4 is 33.3 Å². The number of hydrogen-bond donors (Lipinski definition) is 1. The number of nitrogens with one attached hydrogen (secondary N) is 1. The number of carbonyl (C=O) groups is 2. The van der Waals surface area contributed by atoms with Crippen molar-refractivity contribution in [3.8, 4) is 0 Å². The van der Waals surface area contributed by atoms with Gasteiger partial charge in [0, 0.05) is 5.69 Å². The zero-order valence-electron chi connectivity index (χ0n) is 16.4. The van der Waals surface area contributed by atoms with Gasteiger partial charge in [-0.15, -0.1) is 0 Å². The average Bonchev–Trinajstić information content (AvgIpc) is 2.66. The van der Waals surface area contributed by atoms with Gasteiger partial charge in [0.1, 0.15) is 11.9 Å². The van der Waals surface area contributed by atoms with Gasteiger partial charge in [0.15, 0.2) is 0 Å². The number of benzene rings is 2. The highest BCUT2D eigenvalue weighted by molar-refractivity contribution is 7.92. The minimum absolute atomic E-state index is 0.188. The number of amides is 1. The highest BCUT2D eigenvalue weighted by Crippen LogP contribution is 2.24. The van der Waals surface area contributed by atoms with Crippen LogP contribution in [0.1, 0.15) is 30.6 Å². The topological polar surface area (TPSA) is 92.8 Å². The summed E-state index contributed by atoms with van der Waals surface area (Å²) < 4.78 is 43.8. The molecule has 7 nitrogen and oxygen atoms in total. The first-order valence-corrected chi connectivity index (χ1v) is 10.8. The van der Waals surface area contributed by atoms with Crippen molar-refractivity contribution in [3.63, 3.8) is 0 Å². The van der Waals surface area contributed by atoms with E-state index in [-0.39, 0.29) is 18.7 Å². The predicted molar refractivity (Wildman–Crippen MR) is 109 cm³/mol. The number of ether oxygens (including phenoxy) is 1. The molecule has 1 amide bonds. The number of hydrogen-bond acceptors (Lipinski definition) is 5. The Kier molecular flexibility index (Phi) is 7.33. The highest BCUT2D eigenvalue weighted by Gasteiger charge is 2.31. The summed E-state index contributed by atoms with van der Waals surface area (Å²) in [5, 5.41) is 2.65. The first-order valence-electron chi connectivity index (χ1n) is 9.00. The van der Waals surface area contributed by atoms with Crippen LogP contribution >= 0.6 is 0 Å². The van der Waals surface area contributed by atoms with E-state index in [2.05, 4.69) is 5.32 Å². The van der Waals surface area contributed by atoms with Crippen molar-refractivity contribution in [3.05, 3.63) is 59.9 Å². The summed E-state index contributed by atoms with van der Waals surface area (Å²) in [6.07, 6.45) is 1.18. The van der Waals surface area contributed by atoms with Gasteiger partial charge in [0.25, 0.3) is 0 Å². The Morgan fingerprint density at radius 1 is 1.07 bits per heavy atom. The first kappa shape index (κ1) is 22.4. The van der Waals surface area contributed by atoms with E-state index in [1.165, 1.54) is 36.4 Å². The zero-order valence-corrected chi connectivity index (χ0v) is 17.2. The zero-order chi connectivity index (χ0) is 21.6. The van der Waals surface area contributed by atoms with Crippen molar-refractivity contribution in [2.75, 3.05) is 22.5 Å². The van der Waals surface area contributed by atoms with E-state index in [4.69, 9.17) is 4.74 Å². The van der Waals surface area contributed by atoms with Gasteiger partial charge < -0.3 is 10.1 Å². The quantitative estimate of drug-likeness (QED) is 0.660. The SMILES string of the molecule is CCOC(=O)c1ccc(NC(=O)C(CC)N(c2ccc(F)cc2)S(C)(=O)=O)cc1. The lowest BCUT2D eigenvalue weighted by molar-refractivity contribution is -0.117. The molecular weight excluding hydrogens is 399 g/mol. The lowest BCUT2D eigenvalue weighted by Crippen LogP contribution is -2.47. The molecule has 29 heavy (non-hydrogen) atoms. The van der Waals surface area contributed by atoms with Crippen molar-refractivity contribution in [2.24, 2.45) is 0 Å². The van der Waals surface area contributed by atoms with E-state index < -0.39 is 33.8 Å². The van der Waals surface area contributed by atoms with E-state index >= 15 is 0 Å². The first-order chi connectivity index (χ1) is 13.7. The van der Waals surface area contributed by atoms with E-state index in [0.29, 0.717) is 11.3 Å². The Hall–Kier alpha value is -2.94. The standard InChI is InChI=1S/C20H23FN2O5S/c1-4-18(23(29(3,26)27)17-12-8-15(21)9-13-17)19(24)22-16-10-6-14(7-11-16)20(25)28-5-2/h6-13,18H,4-5H2,1-3H3,(H,22,24). The Morgan fingerprint density at radius 3 is 2.14 bits per heavy atom. The molecule has 1 unspecified atom stereocenters. The van der Waals surface area contributed by atoms with Crippen LogP contribution in [0.15, 0.2) is 48.5 Å². The van der Waals surface area contributed by atoms with Crippen LogP contribution in [0.25, 0.3) is 0 Å². The molecule has 0 saturated heterocycles.